The Morgan fingerprint density at radius 3 is 2.13 bits per heavy atom. The molecule has 0 aliphatic heterocycles. The van der Waals surface area contributed by atoms with E-state index in [2.05, 4.69) is 16.0 Å². The summed E-state index contributed by atoms with van der Waals surface area (Å²) in [5.74, 6) is -1.08. The van der Waals surface area contributed by atoms with Crippen molar-refractivity contribution in [3.05, 3.63) is 65.7 Å². The van der Waals surface area contributed by atoms with Crippen molar-refractivity contribution in [2.24, 2.45) is 0 Å². The van der Waals surface area contributed by atoms with Gasteiger partial charge in [-0.15, -0.1) is 0 Å². The molecule has 10 nitrogen and oxygen atoms in total. The highest BCUT2D eigenvalue weighted by Gasteiger charge is 2.27. The largest absolute Gasteiger partial charge is 0.489 e. The zero-order chi connectivity index (χ0) is 28.1. The summed E-state index contributed by atoms with van der Waals surface area (Å²) in [5, 5.41) is 7.57. The number of benzene rings is 2. The van der Waals surface area contributed by atoms with Gasteiger partial charge in [-0.05, 0) is 57.9 Å². The first-order valence-electron chi connectivity index (χ1n) is 12.5. The topological polar surface area (TPSA) is 132 Å². The molecule has 38 heavy (non-hydrogen) atoms. The van der Waals surface area contributed by atoms with Gasteiger partial charge in [0.05, 0.1) is 6.61 Å². The lowest BCUT2D eigenvalue weighted by molar-refractivity contribution is -0.143. The summed E-state index contributed by atoms with van der Waals surface area (Å²) >= 11 is 0. The van der Waals surface area contributed by atoms with Crippen LogP contribution in [0.1, 0.15) is 45.7 Å². The summed E-state index contributed by atoms with van der Waals surface area (Å²) in [6.45, 7) is 8.57. The molecule has 2 aromatic carbocycles. The Hall–Kier alpha value is -4.08. The van der Waals surface area contributed by atoms with Crippen molar-refractivity contribution in [1.82, 2.24) is 16.0 Å². The summed E-state index contributed by atoms with van der Waals surface area (Å²) in [5.41, 5.74) is 1.03. The summed E-state index contributed by atoms with van der Waals surface area (Å²) < 4.78 is 15.9. The van der Waals surface area contributed by atoms with E-state index < -0.39 is 41.6 Å². The Morgan fingerprint density at radius 1 is 0.868 bits per heavy atom. The molecule has 0 saturated heterocycles. The number of amides is 3. The predicted molar refractivity (Wildman–Crippen MR) is 141 cm³/mol. The van der Waals surface area contributed by atoms with Gasteiger partial charge in [0.1, 0.15) is 36.6 Å². The lowest BCUT2D eigenvalue weighted by Gasteiger charge is -2.24. The van der Waals surface area contributed by atoms with Crippen molar-refractivity contribution in [2.75, 3.05) is 13.2 Å². The molecule has 0 aliphatic carbocycles. The Kier molecular flexibility index (Phi) is 11.6. The van der Waals surface area contributed by atoms with E-state index >= 15 is 0 Å². The Balaban J connectivity index is 2.03. The molecule has 0 radical (unpaired) electrons. The minimum absolute atomic E-state index is 0.140. The van der Waals surface area contributed by atoms with Gasteiger partial charge in [0, 0.05) is 6.42 Å². The fourth-order valence-electron chi connectivity index (χ4n) is 3.26. The van der Waals surface area contributed by atoms with Crippen LogP contribution in [0.5, 0.6) is 5.75 Å². The van der Waals surface area contributed by atoms with E-state index in [1.807, 2.05) is 30.3 Å². The zero-order valence-electron chi connectivity index (χ0n) is 22.5. The molecular formula is C28H37N3O7. The van der Waals surface area contributed by atoms with E-state index in [0.717, 1.165) is 11.1 Å². The molecule has 3 amide bonds. The van der Waals surface area contributed by atoms with Gasteiger partial charge in [0.25, 0.3) is 0 Å². The molecule has 2 rings (SSSR count). The SMILES string of the molecule is CCOC(=O)CNC(=O)[C@H](C)NC(=O)[C@@H](Cc1ccc(OCc2ccccc2)cc1)NC(=O)OC(C)(C)C. The third-order valence-corrected chi connectivity index (χ3v) is 5.08. The second kappa shape index (κ2) is 14.6. The van der Waals surface area contributed by atoms with Gasteiger partial charge in [-0.2, -0.15) is 0 Å². The number of ether oxygens (including phenoxy) is 3. The van der Waals surface area contributed by atoms with Crippen LogP contribution in [0.25, 0.3) is 0 Å². The summed E-state index contributed by atoms with van der Waals surface area (Å²) in [7, 11) is 0. The van der Waals surface area contributed by atoms with Crippen LogP contribution in [-0.4, -0.2) is 54.7 Å². The molecule has 10 heteroatoms. The second-order valence-corrected chi connectivity index (χ2v) is 9.57. The molecule has 3 N–H and O–H groups in total. The van der Waals surface area contributed by atoms with Crippen molar-refractivity contribution >= 4 is 23.9 Å². The first-order chi connectivity index (χ1) is 18.0. The van der Waals surface area contributed by atoms with Gasteiger partial charge >= 0.3 is 12.1 Å². The first-order valence-corrected chi connectivity index (χ1v) is 12.5. The van der Waals surface area contributed by atoms with Gasteiger partial charge in [-0.25, -0.2) is 4.79 Å². The van der Waals surface area contributed by atoms with E-state index in [-0.39, 0.29) is 19.6 Å². The molecule has 0 spiro atoms. The molecule has 0 aliphatic rings. The maximum Gasteiger partial charge on any atom is 0.408 e. The van der Waals surface area contributed by atoms with Crippen LogP contribution in [0.15, 0.2) is 54.6 Å². The van der Waals surface area contributed by atoms with Crippen LogP contribution in [0.2, 0.25) is 0 Å². The van der Waals surface area contributed by atoms with E-state index in [0.29, 0.717) is 12.4 Å². The fourth-order valence-corrected chi connectivity index (χ4v) is 3.26. The Morgan fingerprint density at radius 2 is 1.53 bits per heavy atom. The smallest absolute Gasteiger partial charge is 0.408 e. The van der Waals surface area contributed by atoms with Crippen LogP contribution >= 0.6 is 0 Å². The molecule has 206 valence electrons. The standard InChI is InChI=1S/C28H37N3O7/c1-6-36-24(32)17-29-25(33)19(2)30-26(34)23(31-27(35)38-28(3,4)5)16-20-12-14-22(15-13-20)37-18-21-10-8-7-9-11-21/h7-15,19,23H,6,16-18H2,1-5H3,(H,29,33)(H,30,34)(H,31,35)/t19-,23+/m0/s1. The molecule has 0 saturated carbocycles. The van der Waals surface area contributed by atoms with E-state index in [1.54, 1.807) is 52.0 Å². The number of hydrogen-bond acceptors (Lipinski definition) is 7. The molecular weight excluding hydrogens is 490 g/mol. The van der Waals surface area contributed by atoms with Gasteiger partial charge < -0.3 is 30.2 Å². The molecule has 0 aromatic heterocycles. The molecule has 0 fully saturated rings. The average Bonchev–Trinajstić information content (AvgIpc) is 2.86. The normalized spacial score (nSPS) is 12.4. The summed E-state index contributed by atoms with van der Waals surface area (Å²) in [6, 6.07) is 14.9. The fraction of sp³-hybridized carbons (Fsp3) is 0.429. The number of esters is 1. The lowest BCUT2D eigenvalue weighted by atomic mass is 10.0. The minimum Gasteiger partial charge on any atom is -0.489 e. The quantitative estimate of drug-likeness (QED) is 0.362. The van der Waals surface area contributed by atoms with Crippen LogP contribution in [-0.2, 0) is 36.9 Å². The number of carbonyl (C=O) groups is 4. The van der Waals surface area contributed by atoms with Gasteiger partial charge in [-0.3, -0.25) is 14.4 Å². The van der Waals surface area contributed by atoms with Crippen molar-refractivity contribution in [2.45, 2.75) is 65.3 Å². The van der Waals surface area contributed by atoms with Crippen LogP contribution in [0.3, 0.4) is 0 Å². The highest BCUT2D eigenvalue weighted by Crippen LogP contribution is 2.16. The van der Waals surface area contributed by atoms with Crippen LogP contribution in [0, 0.1) is 0 Å². The van der Waals surface area contributed by atoms with E-state index in [9.17, 15) is 19.2 Å². The minimum atomic E-state index is -1.03. The van der Waals surface area contributed by atoms with Crippen molar-refractivity contribution in [1.29, 1.82) is 0 Å². The summed E-state index contributed by atoms with van der Waals surface area (Å²) in [4.78, 5) is 49.3. The third kappa shape index (κ3) is 11.3. The highest BCUT2D eigenvalue weighted by molar-refractivity contribution is 5.92. The van der Waals surface area contributed by atoms with E-state index in [4.69, 9.17) is 14.2 Å². The maximum absolute atomic E-state index is 13.1. The predicted octanol–water partition coefficient (Wildman–Crippen LogP) is 2.89. The van der Waals surface area contributed by atoms with Crippen LogP contribution < -0.4 is 20.7 Å². The molecule has 0 heterocycles. The van der Waals surface area contributed by atoms with Crippen LogP contribution in [0.4, 0.5) is 4.79 Å². The molecule has 2 atom stereocenters. The molecule has 0 unspecified atom stereocenters. The number of hydrogen-bond donors (Lipinski definition) is 3. The molecule has 0 bridgehead atoms. The summed E-state index contributed by atoms with van der Waals surface area (Å²) in [6.07, 6.45) is -0.624. The number of carbonyl (C=O) groups excluding carboxylic acids is 4. The van der Waals surface area contributed by atoms with Gasteiger partial charge in [0.15, 0.2) is 0 Å². The van der Waals surface area contributed by atoms with E-state index in [1.165, 1.54) is 6.92 Å². The number of nitrogens with one attached hydrogen (secondary N) is 3. The maximum atomic E-state index is 13.1. The third-order valence-electron chi connectivity index (χ3n) is 5.08. The lowest BCUT2D eigenvalue weighted by Crippen LogP contribution is -2.54. The number of alkyl carbamates (subject to hydrolysis) is 1. The highest BCUT2D eigenvalue weighted by atomic mass is 16.6. The second-order valence-electron chi connectivity index (χ2n) is 9.57. The monoisotopic (exact) mass is 527 g/mol. The van der Waals surface area contributed by atoms with Gasteiger partial charge in [0.2, 0.25) is 11.8 Å². The van der Waals surface area contributed by atoms with Crippen molar-refractivity contribution in [3.63, 3.8) is 0 Å². The zero-order valence-corrected chi connectivity index (χ0v) is 22.5. The Labute approximate surface area is 223 Å². The van der Waals surface area contributed by atoms with Gasteiger partial charge in [-0.1, -0.05) is 42.5 Å². The Bertz CT molecular complexity index is 1070. The number of rotatable bonds is 12. The average molecular weight is 528 g/mol. The molecule has 2 aromatic rings. The van der Waals surface area contributed by atoms with Crippen molar-refractivity contribution < 1.29 is 33.4 Å². The first kappa shape index (κ1) is 30.1. The van der Waals surface area contributed by atoms with Crippen molar-refractivity contribution in [3.8, 4) is 5.75 Å².